The largest absolute Gasteiger partial charge is 0.356 e. The molecule has 2 N–H and O–H groups in total. The van der Waals surface area contributed by atoms with Crippen LogP contribution in [0, 0.1) is 11.7 Å². The molecule has 0 aliphatic carbocycles. The summed E-state index contributed by atoms with van der Waals surface area (Å²) in [6.07, 6.45) is 0.384. The minimum Gasteiger partial charge on any atom is -0.356 e. The topological polar surface area (TPSA) is 78.5 Å². The van der Waals surface area contributed by atoms with E-state index in [1.807, 2.05) is 0 Å². The Morgan fingerprint density at radius 2 is 2.00 bits per heavy atom. The molecular weight excluding hydrogens is 277 g/mol. The molecule has 1 heterocycles. The highest BCUT2D eigenvalue weighted by atomic mass is 19.1. The first-order valence-electron chi connectivity index (χ1n) is 6.56. The Labute approximate surface area is 121 Å². The van der Waals surface area contributed by atoms with Gasteiger partial charge in [0.15, 0.2) is 0 Å². The van der Waals surface area contributed by atoms with Crippen molar-refractivity contribution in [3.8, 4) is 0 Å². The molecule has 0 bridgehead atoms. The van der Waals surface area contributed by atoms with Crippen molar-refractivity contribution in [2.24, 2.45) is 5.92 Å². The SMILES string of the molecule is CN1NC(=O)C(CC(=O)NCCc2ccc(F)cc2)C1=O. The van der Waals surface area contributed by atoms with Gasteiger partial charge in [-0.25, -0.2) is 4.39 Å². The zero-order valence-electron chi connectivity index (χ0n) is 11.6. The summed E-state index contributed by atoms with van der Waals surface area (Å²) in [4.78, 5) is 34.8. The predicted octanol–water partition coefficient (Wildman–Crippen LogP) is -0.00610. The molecule has 0 aromatic heterocycles. The van der Waals surface area contributed by atoms with Crippen molar-refractivity contribution in [1.82, 2.24) is 15.8 Å². The Morgan fingerprint density at radius 3 is 2.57 bits per heavy atom. The fraction of sp³-hybridized carbons (Fsp3) is 0.357. The molecule has 1 aromatic carbocycles. The maximum atomic E-state index is 12.7. The number of halogens is 1. The number of nitrogens with one attached hydrogen (secondary N) is 2. The molecule has 1 fully saturated rings. The Morgan fingerprint density at radius 1 is 1.33 bits per heavy atom. The quantitative estimate of drug-likeness (QED) is 0.750. The van der Waals surface area contributed by atoms with E-state index in [4.69, 9.17) is 0 Å². The van der Waals surface area contributed by atoms with Crippen LogP contribution < -0.4 is 10.7 Å². The van der Waals surface area contributed by atoms with Gasteiger partial charge in [0, 0.05) is 20.0 Å². The van der Waals surface area contributed by atoms with Crippen LogP contribution in [0.5, 0.6) is 0 Å². The third kappa shape index (κ3) is 3.77. The standard InChI is InChI=1S/C14H16FN3O3/c1-18-14(21)11(13(20)17-18)8-12(19)16-7-6-9-2-4-10(15)5-3-9/h2-5,11H,6-8H2,1H3,(H,16,19)(H,17,20). The summed E-state index contributed by atoms with van der Waals surface area (Å²) >= 11 is 0. The van der Waals surface area contributed by atoms with E-state index in [1.54, 1.807) is 12.1 Å². The minimum absolute atomic E-state index is 0.168. The van der Waals surface area contributed by atoms with E-state index >= 15 is 0 Å². The second kappa shape index (κ2) is 6.34. The normalized spacial score (nSPS) is 17.8. The van der Waals surface area contributed by atoms with Crippen LogP contribution >= 0.6 is 0 Å². The number of benzene rings is 1. The van der Waals surface area contributed by atoms with Gasteiger partial charge in [0.25, 0.3) is 11.8 Å². The summed E-state index contributed by atoms with van der Waals surface area (Å²) in [5, 5.41) is 3.73. The van der Waals surface area contributed by atoms with Crippen LogP contribution in [0.1, 0.15) is 12.0 Å². The molecule has 112 valence electrons. The molecule has 1 atom stereocenters. The first-order chi connectivity index (χ1) is 9.97. The van der Waals surface area contributed by atoms with Crippen molar-refractivity contribution in [3.05, 3.63) is 35.6 Å². The fourth-order valence-corrected chi connectivity index (χ4v) is 2.08. The molecule has 6 nitrogen and oxygen atoms in total. The molecule has 21 heavy (non-hydrogen) atoms. The van der Waals surface area contributed by atoms with Crippen molar-refractivity contribution in [2.45, 2.75) is 12.8 Å². The number of hydrazine groups is 1. The van der Waals surface area contributed by atoms with E-state index in [0.717, 1.165) is 10.6 Å². The maximum absolute atomic E-state index is 12.7. The summed E-state index contributed by atoms with van der Waals surface area (Å²) in [5.41, 5.74) is 3.23. The molecule has 7 heteroatoms. The van der Waals surface area contributed by atoms with Gasteiger partial charge in [-0.2, -0.15) is 0 Å². The van der Waals surface area contributed by atoms with Crippen molar-refractivity contribution in [3.63, 3.8) is 0 Å². The van der Waals surface area contributed by atoms with Gasteiger partial charge in [-0.1, -0.05) is 12.1 Å². The number of nitrogens with zero attached hydrogens (tertiary/aromatic N) is 1. The van der Waals surface area contributed by atoms with Crippen molar-refractivity contribution < 1.29 is 18.8 Å². The van der Waals surface area contributed by atoms with Crippen LogP contribution in [-0.2, 0) is 20.8 Å². The van der Waals surface area contributed by atoms with Crippen LogP contribution in [0.2, 0.25) is 0 Å². The van der Waals surface area contributed by atoms with Crippen LogP contribution in [0.25, 0.3) is 0 Å². The zero-order valence-corrected chi connectivity index (χ0v) is 11.6. The lowest BCUT2D eigenvalue weighted by atomic mass is 10.0. The molecule has 1 saturated heterocycles. The second-order valence-electron chi connectivity index (χ2n) is 4.86. The van der Waals surface area contributed by atoms with Crippen molar-refractivity contribution in [1.29, 1.82) is 0 Å². The van der Waals surface area contributed by atoms with Crippen molar-refractivity contribution >= 4 is 17.7 Å². The van der Waals surface area contributed by atoms with Crippen molar-refractivity contribution in [2.75, 3.05) is 13.6 Å². The lowest BCUT2D eigenvalue weighted by Crippen LogP contribution is -2.31. The second-order valence-corrected chi connectivity index (χ2v) is 4.86. The Balaban J connectivity index is 1.76. The summed E-state index contributed by atoms with van der Waals surface area (Å²) < 4.78 is 12.7. The van der Waals surface area contributed by atoms with Gasteiger partial charge in [-0.3, -0.25) is 24.8 Å². The van der Waals surface area contributed by atoms with Gasteiger partial charge >= 0.3 is 0 Å². The molecule has 0 saturated carbocycles. The highest BCUT2D eigenvalue weighted by Crippen LogP contribution is 2.12. The van der Waals surface area contributed by atoms with Crippen LogP contribution in [0.4, 0.5) is 4.39 Å². The highest BCUT2D eigenvalue weighted by molar-refractivity contribution is 6.07. The summed E-state index contributed by atoms with van der Waals surface area (Å²) in [7, 11) is 1.44. The molecule has 3 amide bonds. The maximum Gasteiger partial charge on any atom is 0.253 e. The lowest BCUT2D eigenvalue weighted by Gasteiger charge is -2.08. The summed E-state index contributed by atoms with van der Waals surface area (Å²) in [6, 6.07) is 6.00. The molecule has 0 spiro atoms. The number of hydrogen-bond donors (Lipinski definition) is 2. The highest BCUT2D eigenvalue weighted by Gasteiger charge is 2.38. The third-order valence-electron chi connectivity index (χ3n) is 3.26. The van der Waals surface area contributed by atoms with E-state index in [0.29, 0.717) is 13.0 Å². The monoisotopic (exact) mass is 293 g/mol. The molecule has 1 aliphatic rings. The predicted molar refractivity (Wildman–Crippen MR) is 72.1 cm³/mol. The molecule has 1 aromatic rings. The van der Waals surface area contributed by atoms with E-state index in [9.17, 15) is 18.8 Å². The number of rotatable bonds is 5. The lowest BCUT2D eigenvalue weighted by molar-refractivity contribution is -0.135. The average Bonchev–Trinajstić information content (AvgIpc) is 2.68. The van der Waals surface area contributed by atoms with E-state index in [1.165, 1.54) is 19.2 Å². The average molecular weight is 293 g/mol. The van der Waals surface area contributed by atoms with Gasteiger partial charge < -0.3 is 5.32 Å². The van der Waals surface area contributed by atoms with Gasteiger partial charge in [0.2, 0.25) is 5.91 Å². The summed E-state index contributed by atoms with van der Waals surface area (Å²) in [6.45, 7) is 0.364. The van der Waals surface area contributed by atoms with E-state index in [2.05, 4.69) is 10.7 Å². The third-order valence-corrected chi connectivity index (χ3v) is 3.26. The van der Waals surface area contributed by atoms with E-state index in [-0.39, 0.29) is 18.1 Å². The molecule has 0 radical (unpaired) electrons. The number of amides is 3. The van der Waals surface area contributed by atoms with E-state index < -0.39 is 17.7 Å². The molecular formula is C14H16FN3O3. The Bertz CT molecular complexity index is 559. The van der Waals surface area contributed by atoms with Crippen LogP contribution in [0.3, 0.4) is 0 Å². The van der Waals surface area contributed by atoms with Crippen LogP contribution in [-0.4, -0.2) is 36.3 Å². The number of carbonyl (C=O) groups excluding carboxylic acids is 3. The molecule has 1 unspecified atom stereocenters. The minimum atomic E-state index is -0.958. The van der Waals surface area contributed by atoms with Gasteiger partial charge in [0.05, 0.1) is 0 Å². The molecule has 1 aliphatic heterocycles. The first kappa shape index (κ1) is 15.0. The summed E-state index contributed by atoms with van der Waals surface area (Å²) in [5.74, 6) is -2.50. The Hall–Kier alpha value is -2.44. The van der Waals surface area contributed by atoms with Gasteiger partial charge in [0.1, 0.15) is 11.7 Å². The van der Waals surface area contributed by atoms with Crippen LogP contribution in [0.15, 0.2) is 24.3 Å². The van der Waals surface area contributed by atoms with Gasteiger partial charge in [-0.15, -0.1) is 0 Å². The Kier molecular flexibility index (Phi) is 4.52. The van der Waals surface area contributed by atoms with Gasteiger partial charge in [-0.05, 0) is 24.1 Å². The zero-order chi connectivity index (χ0) is 15.4. The molecule has 2 rings (SSSR count). The fourth-order valence-electron chi connectivity index (χ4n) is 2.08. The number of carbonyl (C=O) groups is 3. The number of hydrogen-bond acceptors (Lipinski definition) is 3. The smallest absolute Gasteiger partial charge is 0.253 e. The first-order valence-corrected chi connectivity index (χ1v) is 6.56.